The Labute approximate surface area is 156 Å². The van der Waals surface area contributed by atoms with Crippen molar-refractivity contribution in [3.63, 3.8) is 0 Å². The third-order valence-electron chi connectivity index (χ3n) is 7.40. The van der Waals surface area contributed by atoms with Gasteiger partial charge in [-0.3, -0.25) is 4.79 Å². The summed E-state index contributed by atoms with van der Waals surface area (Å²) in [5.41, 5.74) is 1.21. The van der Waals surface area contributed by atoms with Crippen molar-refractivity contribution in [1.29, 1.82) is 0 Å². The van der Waals surface area contributed by atoms with E-state index in [1.807, 2.05) is 0 Å². The van der Waals surface area contributed by atoms with Crippen molar-refractivity contribution < 1.29 is 4.79 Å². The fourth-order valence-electron chi connectivity index (χ4n) is 5.49. The number of likely N-dealkylation sites (tertiary alicyclic amines) is 1. The fourth-order valence-corrected chi connectivity index (χ4v) is 5.49. The van der Waals surface area contributed by atoms with Gasteiger partial charge >= 0.3 is 0 Å². The highest BCUT2D eigenvalue weighted by molar-refractivity contribution is 5.79. The fraction of sp³-hybridized carbons (Fsp3) is 0.762. The van der Waals surface area contributed by atoms with Gasteiger partial charge in [0.05, 0.1) is 0 Å². The number of nitrogens with zero attached hydrogens (tertiary/aromatic N) is 4. The van der Waals surface area contributed by atoms with E-state index in [-0.39, 0.29) is 5.92 Å². The first-order chi connectivity index (χ1) is 12.8. The van der Waals surface area contributed by atoms with Gasteiger partial charge in [-0.2, -0.15) is 0 Å². The molecule has 4 aliphatic rings. The van der Waals surface area contributed by atoms with E-state index in [1.54, 1.807) is 6.33 Å². The normalized spacial score (nSPS) is 29.7. The number of aromatic nitrogens is 2. The Bertz CT molecular complexity index is 654. The van der Waals surface area contributed by atoms with E-state index < -0.39 is 0 Å². The van der Waals surface area contributed by atoms with E-state index in [9.17, 15) is 4.79 Å². The molecule has 2 aliphatic heterocycles. The number of amides is 1. The van der Waals surface area contributed by atoms with Crippen LogP contribution in [0.25, 0.3) is 0 Å². The molecule has 2 saturated carbocycles. The van der Waals surface area contributed by atoms with Gasteiger partial charge in [0.1, 0.15) is 12.1 Å². The molecule has 2 saturated heterocycles. The van der Waals surface area contributed by atoms with Crippen LogP contribution in [0.3, 0.4) is 0 Å². The Hall–Kier alpha value is -1.65. The summed E-state index contributed by atoms with van der Waals surface area (Å²) in [6.45, 7) is 3.94. The van der Waals surface area contributed by atoms with Gasteiger partial charge in [-0.05, 0) is 50.4 Å². The second-order valence-electron chi connectivity index (χ2n) is 8.88. The van der Waals surface area contributed by atoms with Crippen molar-refractivity contribution in [1.82, 2.24) is 14.9 Å². The molecule has 26 heavy (non-hydrogen) atoms. The first kappa shape index (κ1) is 16.5. The molecule has 5 rings (SSSR count). The maximum atomic E-state index is 12.9. The lowest BCUT2D eigenvalue weighted by Gasteiger charge is -2.34. The quantitative estimate of drug-likeness (QED) is 0.836. The lowest BCUT2D eigenvalue weighted by molar-refractivity contribution is -0.135. The molecule has 3 heterocycles. The summed E-state index contributed by atoms with van der Waals surface area (Å²) in [6.07, 6.45) is 11.6. The standard InChI is InChI=1S/C21H30N4O/c26-21(25-12-17-5-2-6-18(17)13-25)16-7-9-24(10-8-16)20-11-19(22-14-23-20)15-3-1-4-15/h11,14-18H,1-10,12-13H2. The topological polar surface area (TPSA) is 49.3 Å². The number of carbonyl (C=O) groups excluding carboxylic acids is 1. The molecule has 2 unspecified atom stereocenters. The minimum Gasteiger partial charge on any atom is -0.356 e. The maximum Gasteiger partial charge on any atom is 0.225 e. The molecule has 4 fully saturated rings. The van der Waals surface area contributed by atoms with E-state index in [0.717, 1.165) is 56.7 Å². The molecule has 1 aromatic rings. The maximum absolute atomic E-state index is 12.9. The average Bonchev–Trinajstić information content (AvgIpc) is 3.22. The van der Waals surface area contributed by atoms with Gasteiger partial charge in [-0.25, -0.2) is 9.97 Å². The number of hydrogen-bond donors (Lipinski definition) is 0. The molecule has 1 aromatic heterocycles. The number of rotatable bonds is 3. The number of fused-ring (bicyclic) bond motifs is 1. The van der Waals surface area contributed by atoms with Gasteiger partial charge in [0.15, 0.2) is 0 Å². The van der Waals surface area contributed by atoms with E-state index in [1.165, 1.54) is 44.2 Å². The summed E-state index contributed by atoms with van der Waals surface area (Å²) >= 11 is 0. The van der Waals surface area contributed by atoms with Crippen molar-refractivity contribution in [3.05, 3.63) is 18.1 Å². The number of piperidine rings is 1. The molecule has 0 bridgehead atoms. The molecular formula is C21H30N4O. The third-order valence-corrected chi connectivity index (χ3v) is 7.40. The lowest BCUT2D eigenvalue weighted by Crippen LogP contribution is -2.42. The minimum atomic E-state index is 0.220. The van der Waals surface area contributed by atoms with Gasteiger partial charge in [-0.1, -0.05) is 12.8 Å². The molecule has 2 aliphatic carbocycles. The van der Waals surface area contributed by atoms with Crippen LogP contribution in [0.5, 0.6) is 0 Å². The summed E-state index contributed by atoms with van der Waals surface area (Å²) in [4.78, 5) is 26.5. The molecule has 1 amide bonds. The van der Waals surface area contributed by atoms with Crippen LogP contribution < -0.4 is 4.90 Å². The van der Waals surface area contributed by atoms with Crippen LogP contribution in [-0.2, 0) is 4.79 Å². The minimum absolute atomic E-state index is 0.220. The number of hydrogen-bond acceptors (Lipinski definition) is 4. The van der Waals surface area contributed by atoms with E-state index in [4.69, 9.17) is 0 Å². The molecule has 5 nitrogen and oxygen atoms in total. The second-order valence-corrected chi connectivity index (χ2v) is 8.88. The molecule has 0 N–H and O–H groups in total. The first-order valence-electron chi connectivity index (χ1n) is 10.6. The second kappa shape index (κ2) is 6.82. The smallest absolute Gasteiger partial charge is 0.225 e. The molecule has 5 heteroatoms. The van der Waals surface area contributed by atoms with Crippen molar-refractivity contribution in [2.45, 2.75) is 57.3 Å². The lowest BCUT2D eigenvalue weighted by atomic mass is 9.83. The van der Waals surface area contributed by atoms with Crippen LogP contribution in [0.2, 0.25) is 0 Å². The van der Waals surface area contributed by atoms with Crippen molar-refractivity contribution in [2.75, 3.05) is 31.1 Å². The first-order valence-corrected chi connectivity index (χ1v) is 10.6. The Morgan fingerprint density at radius 3 is 2.27 bits per heavy atom. The van der Waals surface area contributed by atoms with Crippen LogP contribution in [-0.4, -0.2) is 47.0 Å². The predicted molar refractivity (Wildman–Crippen MR) is 101 cm³/mol. The molecule has 2 atom stereocenters. The van der Waals surface area contributed by atoms with Crippen LogP contribution >= 0.6 is 0 Å². The Kier molecular flexibility index (Phi) is 4.33. The Balaban J connectivity index is 1.18. The highest BCUT2D eigenvalue weighted by Crippen LogP contribution is 2.39. The van der Waals surface area contributed by atoms with Crippen LogP contribution in [0, 0.1) is 17.8 Å². The van der Waals surface area contributed by atoms with Gasteiger partial charge in [0.2, 0.25) is 5.91 Å². The summed E-state index contributed by atoms with van der Waals surface area (Å²) in [5, 5.41) is 0. The summed E-state index contributed by atoms with van der Waals surface area (Å²) in [5.74, 6) is 3.94. The monoisotopic (exact) mass is 354 g/mol. The van der Waals surface area contributed by atoms with Gasteiger partial charge in [0, 0.05) is 49.8 Å². The summed E-state index contributed by atoms with van der Waals surface area (Å²) < 4.78 is 0. The number of carbonyl (C=O) groups is 1. The van der Waals surface area contributed by atoms with E-state index >= 15 is 0 Å². The Morgan fingerprint density at radius 1 is 0.923 bits per heavy atom. The number of anilines is 1. The van der Waals surface area contributed by atoms with Gasteiger partial charge in [-0.15, -0.1) is 0 Å². The predicted octanol–water partition coefficient (Wildman–Crippen LogP) is 3.22. The van der Waals surface area contributed by atoms with Crippen molar-refractivity contribution >= 4 is 11.7 Å². The molecule has 140 valence electrons. The van der Waals surface area contributed by atoms with Crippen LogP contribution in [0.15, 0.2) is 12.4 Å². The highest BCUT2D eigenvalue weighted by Gasteiger charge is 2.40. The third kappa shape index (κ3) is 2.99. The van der Waals surface area contributed by atoms with Gasteiger partial charge in [0.25, 0.3) is 0 Å². The average molecular weight is 354 g/mol. The largest absolute Gasteiger partial charge is 0.356 e. The zero-order valence-electron chi connectivity index (χ0n) is 15.6. The molecule has 0 radical (unpaired) electrons. The SMILES string of the molecule is O=C(C1CCN(c2cc(C3CCC3)ncn2)CC1)N1CC2CCCC2C1. The molecule has 0 aromatic carbocycles. The molecule has 0 spiro atoms. The van der Waals surface area contributed by atoms with Crippen molar-refractivity contribution in [2.24, 2.45) is 17.8 Å². The highest BCUT2D eigenvalue weighted by atomic mass is 16.2. The molecular weight excluding hydrogens is 324 g/mol. The van der Waals surface area contributed by atoms with Crippen LogP contribution in [0.1, 0.15) is 63.0 Å². The summed E-state index contributed by atoms with van der Waals surface area (Å²) in [7, 11) is 0. The zero-order chi connectivity index (χ0) is 17.5. The van der Waals surface area contributed by atoms with Gasteiger partial charge < -0.3 is 9.80 Å². The summed E-state index contributed by atoms with van der Waals surface area (Å²) in [6, 6.07) is 2.19. The van der Waals surface area contributed by atoms with Crippen LogP contribution in [0.4, 0.5) is 5.82 Å². The van der Waals surface area contributed by atoms with E-state index in [0.29, 0.717) is 11.8 Å². The van der Waals surface area contributed by atoms with E-state index in [2.05, 4.69) is 25.8 Å². The van der Waals surface area contributed by atoms with Crippen molar-refractivity contribution in [3.8, 4) is 0 Å². The Morgan fingerprint density at radius 2 is 1.62 bits per heavy atom. The zero-order valence-corrected chi connectivity index (χ0v) is 15.6.